The van der Waals surface area contributed by atoms with E-state index >= 15 is 0 Å². The molecule has 7 aromatic carbocycles. The maximum Gasteiger partial charge on any atom is 0.166 e. The fourth-order valence-electron chi connectivity index (χ4n) is 7.47. The second-order valence-corrected chi connectivity index (χ2v) is 12.8. The minimum absolute atomic E-state index is 0.605. The zero-order valence-corrected chi connectivity index (χ0v) is 27.8. The quantitative estimate of drug-likeness (QED) is 0.184. The Morgan fingerprint density at radius 1 is 0.404 bits per heavy atom. The minimum Gasteiger partial charge on any atom is -0.309 e. The summed E-state index contributed by atoms with van der Waals surface area (Å²) in [5.41, 5.74) is 9.77. The molecule has 10 aromatic rings. The number of hydrogen-bond donors (Lipinski definition) is 0. The van der Waals surface area contributed by atoms with Crippen molar-refractivity contribution in [1.29, 1.82) is 5.26 Å². The van der Waals surface area contributed by atoms with Gasteiger partial charge < -0.3 is 9.13 Å². The van der Waals surface area contributed by atoms with Gasteiger partial charge in [0.15, 0.2) is 17.5 Å². The number of nitriles is 1. The Morgan fingerprint density at radius 3 is 1.58 bits per heavy atom. The zero-order valence-electron chi connectivity index (χ0n) is 27.8. The molecule has 0 aliphatic carbocycles. The van der Waals surface area contributed by atoms with Gasteiger partial charge in [-0.2, -0.15) is 5.26 Å². The lowest BCUT2D eigenvalue weighted by Crippen LogP contribution is -2.03. The fraction of sp³-hybridized carbons (Fsp3) is 0. The van der Waals surface area contributed by atoms with Gasteiger partial charge in [-0.3, -0.25) is 0 Å². The monoisotopic (exact) mass is 664 g/mol. The summed E-state index contributed by atoms with van der Waals surface area (Å²) in [5, 5.41) is 14.1. The van der Waals surface area contributed by atoms with Crippen LogP contribution in [0.5, 0.6) is 0 Å². The first-order valence-electron chi connectivity index (χ1n) is 17.2. The van der Waals surface area contributed by atoms with Gasteiger partial charge in [0.05, 0.1) is 39.4 Å². The summed E-state index contributed by atoms with van der Waals surface area (Å²) < 4.78 is 4.62. The number of fused-ring (bicyclic) bond motifs is 6. The van der Waals surface area contributed by atoms with Gasteiger partial charge >= 0.3 is 0 Å². The normalized spacial score (nSPS) is 11.4. The van der Waals surface area contributed by atoms with E-state index in [1.165, 1.54) is 0 Å². The Bertz CT molecular complexity index is 2970. The molecule has 0 aliphatic heterocycles. The van der Waals surface area contributed by atoms with E-state index in [-0.39, 0.29) is 0 Å². The molecule has 10 rings (SSSR count). The lowest BCUT2D eigenvalue weighted by molar-refractivity contribution is 1.06. The average molecular weight is 665 g/mol. The molecule has 0 saturated carbocycles. The van der Waals surface area contributed by atoms with Crippen molar-refractivity contribution in [2.75, 3.05) is 0 Å². The first kappa shape index (κ1) is 29.5. The summed E-state index contributed by atoms with van der Waals surface area (Å²) >= 11 is 0. The van der Waals surface area contributed by atoms with Gasteiger partial charge in [-0.05, 0) is 60.7 Å². The highest BCUT2D eigenvalue weighted by Gasteiger charge is 2.20. The summed E-state index contributed by atoms with van der Waals surface area (Å²) in [4.78, 5) is 15.1. The van der Waals surface area contributed by atoms with E-state index in [4.69, 9.17) is 15.0 Å². The molecule has 0 N–H and O–H groups in total. The number of aromatic nitrogens is 5. The fourth-order valence-corrected chi connectivity index (χ4v) is 7.47. The van der Waals surface area contributed by atoms with Crippen LogP contribution in [0.2, 0.25) is 0 Å². The molecule has 52 heavy (non-hydrogen) atoms. The van der Waals surface area contributed by atoms with Gasteiger partial charge in [0.25, 0.3) is 0 Å². The predicted molar refractivity (Wildman–Crippen MR) is 210 cm³/mol. The standard InChI is InChI=1S/C46H28N6/c47-29-30-23-25-42-37(27-30)34-17-7-10-20-39(34)51(42)33-24-26-43-38(28-33)35-18-8-11-21-40(35)52(43)41-22-12-9-19-36(41)46-49-44(31-13-3-1-4-14-31)48-45(50-46)32-15-5-2-6-16-32/h1-28H. The Kier molecular flexibility index (Phi) is 6.76. The molecule has 3 heterocycles. The average Bonchev–Trinajstić information content (AvgIpc) is 3.73. The molecule has 0 aliphatic rings. The van der Waals surface area contributed by atoms with Gasteiger partial charge in [0.2, 0.25) is 0 Å². The Balaban J connectivity index is 1.21. The van der Waals surface area contributed by atoms with Crippen LogP contribution in [-0.4, -0.2) is 24.1 Å². The van der Waals surface area contributed by atoms with Gasteiger partial charge in [-0.1, -0.05) is 109 Å². The largest absolute Gasteiger partial charge is 0.309 e. The maximum atomic E-state index is 9.66. The first-order valence-corrected chi connectivity index (χ1v) is 17.2. The first-order chi connectivity index (χ1) is 25.7. The third kappa shape index (κ3) is 4.68. The molecule has 6 nitrogen and oxygen atoms in total. The van der Waals surface area contributed by atoms with Gasteiger partial charge in [0.1, 0.15) is 0 Å². The Morgan fingerprint density at radius 2 is 0.904 bits per heavy atom. The van der Waals surface area contributed by atoms with E-state index in [1.54, 1.807) is 0 Å². The SMILES string of the molecule is N#Cc1ccc2c(c1)c1ccccc1n2-c1ccc2c(c1)c1ccccc1n2-c1ccccc1-c1nc(-c2ccccc2)nc(-c2ccccc2)n1. The second kappa shape index (κ2) is 11.9. The van der Waals surface area contributed by atoms with Crippen LogP contribution in [0.25, 0.3) is 89.2 Å². The van der Waals surface area contributed by atoms with Crippen molar-refractivity contribution in [2.24, 2.45) is 0 Å². The van der Waals surface area contributed by atoms with Crippen molar-refractivity contribution in [3.8, 4) is 51.6 Å². The van der Waals surface area contributed by atoms with Crippen molar-refractivity contribution in [3.05, 3.63) is 175 Å². The highest BCUT2D eigenvalue weighted by Crippen LogP contribution is 2.39. The summed E-state index contributed by atoms with van der Waals surface area (Å²) in [5.74, 6) is 1.85. The van der Waals surface area contributed by atoms with Gasteiger partial charge in [-0.15, -0.1) is 0 Å². The lowest BCUT2D eigenvalue weighted by Gasteiger charge is -2.15. The molecular formula is C46H28N6. The van der Waals surface area contributed by atoms with Crippen molar-refractivity contribution >= 4 is 43.6 Å². The third-order valence-electron chi connectivity index (χ3n) is 9.80. The van der Waals surface area contributed by atoms with Crippen molar-refractivity contribution in [3.63, 3.8) is 0 Å². The topological polar surface area (TPSA) is 72.3 Å². The summed E-state index contributed by atoms with van der Waals surface area (Å²) in [7, 11) is 0. The molecule has 6 heteroatoms. The number of para-hydroxylation sites is 3. The predicted octanol–water partition coefficient (Wildman–Crippen LogP) is 10.9. The summed E-state index contributed by atoms with van der Waals surface area (Å²) in [6.45, 7) is 0. The number of nitrogens with zero attached hydrogens (tertiary/aromatic N) is 6. The number of benzene rings is 7. The molecule has 0 unspecified atom stereocenters. The molecule has 3 aromatic heterocycles. The van der Waals surface area contributed by atoms with Crippen LogP contribution >= 0.6 is 0 Å². The molecule has 0 bridgehead atoms. The Hall–Kier alpha value is -7.36. The molecule has 242 valence electrons. The zero-order chi connectivity index (χ0) is 34.6. The highest BCUT2D eigenvalue weighted by atomic mass is 15.1. The van der Waals surface area contributed by atoms with E-state index in [0.29, 0.717) is 23.0 Å². The van der Waals surface area contributed by atoms with Crippen LogP contribution in [-0.2, 0) is 0 Å². The van der Waals surface area contributed by atoms with Gasteiger partial charge in [0, 0.05) is 43.9 Å². The molecule has 0 spiro atoms. The molecule has 0 fully saturated rings. The van der Waals surface area contributed by atoms with Crippen LogP contribution in [0.1, 0.15) is 5.56 Å². The second-order valence-electron chi connectivity index (χ2n) is 12.8. The van der Waals surface area contributed by atoms with Crippen LogP contribution in [0.15, 0.2) is 170 Å². The summed E-state index contributed by atoms with van der Waals surface area (Å²) in [6, 6.07) is 60.4. The van der Waals surface area contributed by atoms with Crippen LogP contribution in [0.3, 0.4) is 0 Å². The maximum absolute atomic E-state index is 9.66. The van der Waals surface area contributed by atoms with E-state index in [2.05, 4.69) is 106 Å². The third-order valence-corrected chi connectivity index (χ3v) is 9.80. The van der Waals surface area contributed by atoms with Crippen LogP contribution < -0.4 is 0 Å². The van der Waals surface area contributed by atoms with Crippen LogP contribution in [0, 0.1) is 11.3 Å². The lowest BCUT2D eigenvalue weighted by atomic mass is 10.1. The van der Waals surface area contributed by atoms with Crippen molar-refractivity contribution in [1.82, 2.24) is 24.1 Å². The number of rotatable bonds is 5. The van der Waals surface area contributed by atoms with E-state index < -0.39 is 0 Å². The smallest absolute Gasteiger partial charge is 0.166 e. The van der Waals surface area contributed by atoms with E-state index in [1.807, 2.05) is 78.9 Å². The van der Waals surface area contributed by atoms with E-state index in [0.717, 1.165) is 71.7 Å². The van der Waals surface area contributed by atoms with Crippen molar-refractivity contribution < 1.29 is 0 Å². The molecular weight excluding hydrogens is 637 g/mol. The molecule has 0 atom stereocenters. The highest BCUT2D eigenvalue weighted by molar-refractivity contribution is 6.12. The number of hydrogen-bond acceptors (Lipinski definition) is 4. The van der Waals surface area contributed by atoms with Gasteiger partial charge in [-0.25, -0.2) is 15.0 Å². The Labute approximate surface area is 299 Å². The molecule has 0 amide bonds. The van der Waals surface area contributed by atoms with E-state index in [9.17, 15) is 5.26 Å². The molecule has 0 radical (unpaired) electrons. The molecule has 0 saturated heterocycles. The van der Waals surface area contributed by atoms with Crippen molar-refractivity contribution in [2.45, 2.75) is 0 Å². The minimum atomic E-state index is 0.605. The summed E-state index contributed by atoms with van der Waals surface area (Å²) in [6.07, 6.45) is 0. The van der Waals surface area contributed by atoms with Crippen LogP contribution in [0.4, 0.5) is 0 Å².